The lowest BCUT2D eigenvalue weighted by Gasteiger charge is -2.39. The average molecular weight is 445 g/mol. The van der Waals surface area contributed by atoms with E-state index in [1.165, 1.54) is 17.8 Å². The highest BCUT2D eigenvalue weighted by atomic mass is 19.4. The van der Waals surface area contributed by atoms with E-state index >= 15 is 0 Å². The van der Waals surface area contributed by atoms with E-state index in [1.807, 2.05) is 18.2 Å². The third kappa shape index (κ3) is 6.92. The van der Waals surface area contributed by atoms with E-state index in [0.717, 1.165) is 38.3 Å². The van der Waals surface area contributed by atoms with Gasteiger partial charge in [0.1, 0.15) is 0 Å². The number of anilines is 1. The number of piperazine rings is 1. The zero-order chi connectivity index (χ0) is 23.0. The SMILES string of the molecule is CC(CNC(=O)NCC#Cc1cccc(C(F)(F)F)c1)N1CCN(c2ccccc2)CC1. The highest BCUT2D eigenvalue weighted by Gasteiger charge is 2.30. The molecule has 0 bridgehead atoms. The monoisotopic (exact) mass is 444 g/mol. The predicted molar refractivity (Wildman–Crippen MR) is 119 cm³/mol. The average Bonchev–Trinajstić information content (AvgIpc) is 2.80. The number of carbonyl (C=O) groups excluding carboxylic acids is 1. The van der Waals surface area contributed by atoms with Crippen molar-refractivity contribution in [2.45, 2.75) is 19.1 Å². The van der Waals surface area contributed by atoms with Crippen LogP contribution in [0.3, 0.4) is 0 Å². The molecule has 5 nitrogen and oxygen atoms in total. The first-order valence-corrected chi connectivity index (χ1v) is 10.5. The molecule has 2 amide bonds. The van der Waals surface area contributed by atoms with Crippen LogP contribution in [0.25, 0.3) is 0 Å². The number of hydrogen-bond acceptors (Lipinski definition) is 3. The summed E-state index contributed by atoms with van der Waals surface area (Å²) in [5.74, 6) is 5.32. The smallest absolute Gasteiger partial charge is 0.369 e. The van der Waals surface area contributed by atoms with Crippen LogP contribution in [0.5, 0.6) is 0 Å². The van der Waals surface area contributed by atoms with Crippen molar-refractivity contribution in [1.82, 2.24) is 15.5 Å². The molecular formula is C24H27F3N4O. The molecule has 8 heteroatoms. The third-order valence-electron chi connectivity index (χ3n) is 5.38. The number of nitrogens with one attached hydrogen (secondary N) is 2. The van der Waals surface area contributed by atoms with Crippen molar-refractivity contribution in [1.29, 1.82) is 0 Å². The van der Waals surface area contributed by atoms with Gasteiger partial charge in [-0.3, -0.25) is 4.90 Å². The van der Waals surface area contributed by atoms with Gasteiger partial charge in [-0.15, -0.1) is 0 Å². The van der Waals surface area contributed by atoms with Crippen LogP contribution in [0.15, 0.2) is 54.6 Å². The van der Waals surface area contributed by atoms with Gasteiger partial charge < -0.3 is 15.5 Å². The van der Waals surface area contributed by atoms with Gasteiger partial charge in [0.25, 0.3) is 0 Å². The minimum Gasteiger partial charge on any atom is -0.369 e. The second-order valence-corrected chi connectivity index (χ2v) is 7.65. The molecule has 2 aromatic rings. The van der Waals surface area contributed by atoms with E-state index < -0.39 is 11.7 Å². The first kappa shape index (κ1) is 23.5. The molecule has 1 aliphatic heterocycles. The number of halogens is 3. The summed E-state index contributed by atoms with van der Waals surface area (Å²) >= 11 is 0. The summed E-state index contributed by atoms with van der Waals surface area (Å²) in [5.41, 5.74) is 0.738. The van der Waals surface area contributed by atoms with Gasteiger partial charge in [0.2, 0.25) is 0 Å². The number of nitrogens with zero attached hydrogens (tertiary/aromatic N) is 2. The van der Waals surface area contributed by atoms with E-state index in [9.17, 15) is 18.0 Å². The van der Waals surface area contributed by atoms with Gasteiger partial charge in [0.05, 0.1) is 12.1 Å². The number of para-hydroxylation sites is 1. The standard InChI is InChI=1S/C24H27F3N4O/c1-19(30-13-15-31(16-14-30)22-10-3-2-4-11-22)18-29-23(32)28-12-6-8-20-7-5-9-21(17-20)24(25,26)27/h2-5,7,9-11,17,19H,12-16,18H2,1H3,(H2,28,29,32). The molecule has 1 saturated heterocycles. The number of hydrogen-bond donors (Lipinski definition) is 2. The van der Waals surface area contributed by atoms with Crippen LogP contribution < -0.4 is 15.5 Å². The maximum Gasteiger partial charge on any atom is 0.416 e. The maximum atomic E-state index is 12.7. The van der Waals surface area contributed by atoms with Crippen LogP contribution in [-0.4, -0.2) is 56.2 Å². The molecule has 0 radical (unpaired) electrons. The van der Waals surface area contributed by atoms with Gasteiger partial charge in [0, 0.05) is 50.0 Å². The van der Waals surface area contributed by atoms with Crippen molar-refractivity contribution in [3.63, 3.8) is 0 Å². The maximum absolute atomic E-state index is 12.7. The van der Waals surface area contributed by atoms with Gasteiger partial charge in [-0.2, -0.15) is 13.2 Å². The zero-order valence-electron chi connectivity index (χ0n) is 18.0. The normalized spacial score (nSPS) is 15.4. The number of alkyl halides is 3. The molecule has 1 unspecified atom stereocenters. The van der Waals surface area contributed by atoms with E-state index in [-0.39, 0.29) is 24.2 Å². The highest BCUT2D eigenvalue weighted by Crippen LogP contribution is 2.29. The fraction of sp³-hybridized carbons (Fsp3) is 0.375. The van der Waals surface area contributed by atoms with Gasteiger partial charge in [-0.05, 0) is 37.3 Å². The molecule has 1 fully saturated rings. The molecular weight excluding hydrogens is 417 g/mol. The molecule has 1 heterocycles. The third-order valence-corrected chi connectivity index (χ3v) is 5.38. The molecule has 3 rings (SSSR count). The number of carbonyl (C=O) groups is 1. The number of amides is 2. The largest absolute Gasteiger partial charge is 0.416 e. The van der Waals surface area contributed by atoms with Crippen LogP contribution in [0.2, 0.25) is 0 Å². The first-order chi connectivity index (χ1) is 15.3. The van der Waals surface area contributed by atoms with Gasteiger partial charge >= 0.3 is 12.2 Å². The number of benzene rings is 2. The molecule has 2 aromatic carbocycles. The Labute approximate surface area is 186 Å². The molecule has 32 heavy (non-hydrogen) atoms. The Kier molecular flexibility index (Phi) is 8.01. The Bertz CT molecular complexity index is 945. The van der Waals surface area contributed by atoms with Crippen molar-refractivity contribution < 1.29 is 18.0 Å². The minimum atomic E-state index is -4.40. The Morgan fingerprint density at radius 3 is 2.44 bits per heavy atom. The molecule has 1 aliphatic rings. The molecule has 0 aromatic heterocycles. The molecule has 0 spiro atoms. The van der Waals surface area contributed by atoms with E-state index in [4.69, 9.17) is 0 Å². The quantitative estimate of drug-likeness (QED) is 0.694. The first-order valence-electron chi connectivity index (χ1n) is 10.5. The van der Waals surface area contributed by atoms with Crippen LogP contribution in [0.1, 0.15) is 18.1 Å². The van der Waals surface area contributed by atoms with Gasteiger partial charge in [-0.25, -0.2) is 4.79 Å². The number of rotatable bonds is 5. The Balaban J connectivity index is 1.36. The second kappa shape index (κ2) is 10.9. The van der Waals surface area contributed by atoms with Crippen LogP contribution >= 0.6 is 0 Å². The lowest BCUT2D eigenvalue weighted by atomic mass is 10.1. The fourth-order valence-corrected chi connectivity index (χ4v) is 3.54. The zero-order valence-corrected chi connectivity index (χ0v) is 18.0. The summed E-state index contributed by atoms with van der Waals surface area (Å²) in [4.78, 5) is 16.7. The lowest BCUT2D eigenvalue weighted by molar-refractivity contribution is -0.137. The predicted octanol–water partition coefficient (Wildman–Crippen LogP) is 3.57. The van der Waals surface area contributed by atoms with Crippen molar-refractivity contribution >= 4 is 11.7 Å². The molecule has 170 valence electrons. The Hall–Kier alpha value is -3.18. The molecule has 0 aliphatic carbocycles. The van der Waals surface area contributed by atoms with Crippen molar-refractivity contribution in [2.75, 3.05) is 44.2 Å². The van der Waals surface area contributed by atoms with Crippen LogP contribution in [0.4, 0.5) is 23.7 Å². The van der Waals surface area contributed by atoms with Crippen molar-refractivity contribution in [3.8, 4) is 11.8 Å². The molecule has 0 saturated carbocycles. The van der Waals surface area contributed by atoms with E-state index in [1.54, 1.807) is 0 Å². The highest BCUT2D eigenvalue weighted by molar-refractivity contribution is 5.74. The van der Waals surface area contributed by atoms with Crippen molar-refractivity contribution in [3.05, 3.63) is 65.7 Å². The van der Waals surface area contributed by atoms with Crippen molar-refractivity contribution in [2.24, 2.45) is 0 Å². The lowest BCUT2D eigenvalue weighted by Crippen LogP contribution is -2.53. The molecule has 1 atom stereocenters. The summed E-state index contributed by atoms with van der Waals surface area (Å²) in [5, 5.41) is 5.44. The fourth-order valence-electron chi connectivity index (χ4n) is 3.54. The minimum absolute atomic E-state index is 0.0478. The molecule has 2 N–H and O–H groups in total. The topological polar surface area (TPSA) is 47.6 Å². The van der Waals surface area contributed by atoms with E-state index in [2.05, 4.69) is 51.3 Å². The summed E-state index contributed by atoms with van der Waals surface area (Å²) in [6.07, 6.45) is -4.40. The van der Waals surface area contributed by atoms with Crippen LogP contribution in [0, 0.1) is 11.8 Å². The van der Waals surface area contributed by atoms with Gasteiger partial charge in [-0.1, -0.05) is 36.1 Å². The summed E-state index contributed by atoms with van der Waals surface area (Å²) in [6, 6.07) is 15.0. The summed E-state index contributed by atoms with van der Waals surface area (Å²) < 4.78 is 38.2. The summed E-state index contributed by atoms with van der Waals surface area (Å²) in [6.45, 7) is 6.33. The van der Waals surface area contributed by atoms with Crippen LogP contribution in [-0.2, 0) is 6.18 Å². The summed E-state index contributed by atoms with van der Waals surface area (Å²) in [7, 11) is 0. The number of urea groups is 1. The van der Waals surface area contributed by atoms with Gasteiger partial charge in [0.15, 0.2) is 0 Å². The Morgan fingerprint density at radius 1 is 1.03 bits per heavy atom. The Morgan fingerprint density at radius 2 is 1.75 bits per heavy atom. The second-order valence-electron chi connectivity index (χ2n) is 7.65. The van der Waals surface area contributed by atoms with E-state index in [0.29, 0.717) is 6.54 Å².